The topological polar surface area (TPSA) is 87.5 Å². The molecule has 138 valence electrons. The predicted molar refractivity (Wildman–Crippen MR) is 104 cm³/mol. The Kier molecular flexibility index (Phi) is 3.58. The van der Waals surface area contributed by atoms with Gasteiger partial charge >= 0.3 is 0 Å². The van der Waals surface area contributed by atoms with Crippen LogP contribution in [0.4, 0.5) is 0 Å². The molecule has 8 heteroatoms. The van der Waals surface area contributed by atoms with Crippen LogP contribution in [-0.2, 0) is 7.05 Å². The van der Waals surface area contributed by atoms with Crippen molar-refractivity contribution >= 4 is 11.0 Å². The number of rotatable bonds is 3. The first-order valence-electron chi connectivity index (χ1n) is 8.86. The minimum Gasteiger partial charge on any atom is -0.334 e. The number of aryl methyl sites for hydroxylation is 3. The second kappa shape index (κ2) is 6.12. The third-order valence-corrected chi connectivity index (χ3v) is 4.65. The van der Waals surface area contributed by atoms with Gasteiger partial charge in [0.2, 0.25) is 0 Å². The molecule has 28 heavy (non-hydrogen) atoms. The number of hydrogen-bond acceptors (Lipinski definition) is 6. The van der Waals surface area contributed by atoms with Crippen LogP contribution in [0.3, 0.4) is 0 Å². The summed E-state index contributed by atoms with van der Waals surface area (Å²) in [6.45, 7) is 3.76. The van der Waals surface area contributed by atoms with Crippen molar-refractivity contribution in [3.8, 4) is 28.5 Å². The summed E-state index contributed by atoms with van der Waals surface area (Å²) in [5.41, 5.74) is 4.96. The van der Waals surface area contributed by atoms with Crippen molar-refractivity contribution in [3.05, 3.63) is 60.2 Å². The van der Waals surface area contributed by atoms with E-state index in [9.17, 15) is 0 Å². The largest absolute Gasteiger partial charge is 0.334 e. The lowest BCUT2D eigenvalue weighted by Crippen LogP contribution is -2.00. The lowest BCUT2D eigenvalue weighted by Gasteiger charge is -2.07. The highest BCUT2D eigenvalue weighted by molar-refractivity contribution is 5.95. The maximum absolute atomic E-state index is 5.48. The van der Waals surface area contributed by atoms with Gasteiger partial charge in [0.25, 0.3) is 5.89 Å². The molecule has 0 bridgehead atoms. The van der Waals surface area contributed by atoms with E-state index in [1.54, 1.807) is 17.8 Å². The summed E-state index contributed by atoms with van der Waals surface area (Å²) in [5.74, 6) is 1.03. The number of nitrogens with zero attached hydrogens (tertiary/aromatic N) is 7. The van der Waals surface area contributed by atoms with E-state index < -0.39 is 0 Å². The summed E-state index contributed by atoms with van der Waals surface area (Å²) in [5, 5.41) is 13.8. The number of para-hydroxylation sites is 1. The fourth-order valence-electron chi connectivity index (χ4n) is 3.37. The summed E-state index contributed by atoms with van der Waals surface area (Å²) in [6, 6.07) is 13.8. The molecular weight excluding hydrogens is 354 g/mol. The zero-order valence-electron chi connectivity index (χ0n) is 15.7. The minimum atomic E-state index is 0.448. The van der Waals surface area contributed by atoms with Crippen LogP contribution in [-0.4, -0.2) is 34.7 Å². The SMILES string of the molecule is Cc1noc(-c2cc(-c3ccnn3C)nc3c2c(C)nn3-c2ccccc2)n1. The maximum Gasteiger partial charge on any atom is 0.258 e. The van der Waals surface area contributed by atoms with Crippen LogP contribution in [0, 0.1) is 13.8 Å². The monoisotopic (exact) mass is 371 g/mol. The summed E-state index contributed by atoms with van der Waals surface area (Å²) in [7, 11) is 1.89. The van der Waals surface area contributed by atoms with Crippen molar-refractivity contribution in [1.29, 1.82) is 0 Å². The molecule has 0 unspecified atom stereocenters. The first-order chi connectivity index (χ1) is 13.6. The fourth-order valence-corrected chi connectivity index (χ4v) is 3.37. The second-order valence-corrected chi connectivity index (χ2v) is 6.57. The standard InChI is InChI=1S/C20H17N7O/c1-12-18-15(20-22-13(2)25-28-20)11-16(17-9-10-21-26(17)3)23-19(18)27(24-12)14-7-5-4-6-8-14/h4-11H,1-3H3. The molecule has 4 aromatic heterocycles. The molecule has 0 amide bonds. The van der Waals surface area contributed by atoms with Crippen molar-refractivity contribution in [2.75, 3.05) is 0 Å². The Bertz CT molecular complexity index is 1300. The molecule has 0 aliphatic carbocycles. The van der Waals surface area contributed by atoms with Gasteiger partial charge in [0.1, 0.15) is 0 Å². The molecule has 0 aliphatic rings. The molecular formula is C20H17N7O. The van der Waals surface area contributed by atoms with Gasteiger partial charge in [0.05, 0.1) is 33.7 Å². The Morgan fingerprint density at radius 1 is 1.00 bits per heavy atom. The van der Waals surface area contributed by atoms with Gasteiger partial charge in [-0.15, -0.1) is 0 Å². The van der Waals surface area contributed by atoms with Gasteiger partial charge in [-0.25, -0.2) is 9.67 Å². The summed E-state index contributed by atoms with van der Waals surface area (Å²) >= 11 is 0. The highest BCUT2D eigenvalue weighted by Crippen LogP contribution is 2.34. The lowest BCUT2D eigenvalue weighted by molar-refractivity contribution is 0.426. The maximum atomic E-state index is 5.48. The van der Waals surface area contributed by atoms with Crippen molar-refractivity contribution in [3.63, 3.8) is 0 Å². The Hall–Kier alpha value is -3.81. The van der Waals surface area contributed by atoms with Gasteiger partial charge in [-0.1, -0.05) is 23.4 Å². The molecule has 8 nitrogen and oxygen atoms in total. The first-order valence-corrected chi connectivity index (χ1v) is 8.86. The Labute approximate surface area is 160 Å². The van der Waals surface area contributed by atoms with Gasteiger partial charge in [-0.05, 0) is 38.1 Å². The third-order valence-electron chi connectivity index (χ3n) is 4.65. The molecule has 0 spiro atoms. The molecule has 5 rings (SSSR count). The molecule has 1 aromatic carbocycles. The molecule has 4 heterocycles. The average molecular weight is 371 g/mol. The summed E-state index contributed by atoms with van der Waals surface area (Å²) < 4.78 is 9.11. The number of fused-ring (bicyclic) bond motifs is 1. The predicted octanol–water partition coefficient (Wildman–Crippen LogP) is 3.49. The van der Waals surface area contributed by atoms with Crippen LogP contribution in [0.5, 0.6) is 0 Å². The fraction of sp³-hybridized carbons (Fsp3) is 0.150. The normalized spacial score (nSPS) is 11.4. The summed E-state index contributed by atoms with van der Waals surface area (Å²) in [4.78, 5) is 9.35. The average Bonchev–Trinajstić information content (AvgIpc) is 3.41. The molecule has 0 saturated heterocycles. The van der Waals surface area contributed by atoms with E-state index in [4.69, 9.17) is 14.6 Å². The van der Waals surface area contributed by atoms with E-state index in [2.05, 4.69) is 15.2 Å². The highest BCUT2D eigenvalue weighted by atomic mass is 16.5. The molecule has 0 saturated carbocycles. The smallest absolute Gasteiger partial charge is 0.258 e. The molecule has 0 atom stereocenters. The van der Waals surface area contributed by atoms with Gasteiger partial charge < -0.3 is 4.52 Å². The van der Waals surface area contributed by atoms with Gasteiger partial charge in [0.15, 0.2) is 11.5 Å². The second-order valence-electron chi connectivity index (χ2n) is 6.57. The van der Waals surface area contributed by atoms with Crippen LogP contribution < -0.4 is 0 Å². The zero-order valence-corrected chi connectivity index (χ0v) is 15.7. The van der Waals surface area contributed by atoms with Crippen molar-refractivity contribution in [2.24, 2.45) is 7.05 Å². The first kappa shape index (κ1) is 16.4. The van der Waals surface area contributed by atoms with E-state index in [-0.39, 0.29) is 0 Å². The van der Waals surface area contributed by atoms with Crippen molar-refractivity contribution < 1.29 is 4.52 Å². The van der Waals surface area contributed by atoms with Crippen LogP contribution in [0.1, 0.15) is 11.5 Å². The van der Waals surface area contributed by atoms with Gasteiger partial charge in [-0.3, -0.25) is 4.68 Å². The van der Waals surface area contributed by atoms with Gasteiger partial charge in [-0.2, -0.15) is 15.2 Å². The Morgan fingerprint density at radius 2 is 1.82 bits per heavy atom. The molecule has 0 N–H and O–H groups in total. The van der Waals surface area contributed by atoms with E-state index in [1.807, 2.05) is 61.1 Å². The third kappa shape index (κ3) is 2.50. The van der Waals surface area contributed by atoms with Crippen LogP contribution in [0.15, 0.2) is 53.2 Å². The van der Waals surface area contributed by atoms with Crippen LogP contribution in [0.2, 0.25) is 0 Å². The van der Waals surface area contributed by atoms with E-state index in [1.165, 1.54) is 0 Å². The Morgan fingerprint density at radius 3 is 2.50 bits per heavy atom. The molecule has 0 fully saturated rings. The van der Waals surface area contributed by atoms with E-state index in [0.717, 1.165) is 39.4 Å². The van der Waals surface area contributed by atoms with Crippen LogP contribution in [0.25, 0.3) is 39.6 Å². The molecule has 0 radical (unpaired) electrons. The minimum absolute atomic E-state index is 0.448. The molecule has 0 aliphatic heterocycles. The number of pyridine rings is 1. The Balaban J connectivity index is 1.87. The molecule has 5 aromatic rings. The summed E-state index contributed by atoms with van der Waals surface area (Å²) in [6.07, 6.45) is 1.75. The quantitative estimate of drug-likeness (QED) is 0.482. The number of benzene rings is 1. The van der Waals surface area contributed by atoms with Gasteiger partial charge in [0, 0.05) is 13.2 Å². The zero-order chi connectivity index (χ0) is 19.3. The van der Waals surface area contributed by atoms with Crippen molar-refractivity contribution in [1.82, 2.24) is 34.7 Å². The number of hydrogen-bond donors (Lipinski definition) is 0. The number of aromatic nitrogens is 7. The lowest BCUT2D eigenvalue weighted by atomic mass is 10.1. The van der Waals surface area contributed by atoms with Crippen LogP contribution >= 0.6 is 0 Å². The van der Waals surface area contributed by atoms with Crippen molar-refractivity contribution in [2.45, 2.75) is 13.8 Å². The highest BCUT2D eigenvalue weighted by Gasteiger charge is 2.21. The van der Waals surface area contributed by atoms with E-state index in [0.29, 0.717) is 11.7 Å². The van der Waals surface area contributed by atoms with E-state index >= 15 is 0 Å².